The number of anilines is 1. The first-order chi connectivity index (χ1) is 15.1. The van der Waals surface area contributed by atoms with E-state index in [1.807, 2.05) is 25.2 Å². The molecule has 0 amide bonds. The lowest BCUT2D eigenvalue weighted by atomic mass is 9.49. The molecule has 0 saturated carbocycles. The summed E-state index contributed by atoms with van der Waals surface area (Å²) in [6, 6.07) is 12.3. The molecule has 2 aliphatic heterocycles. The van der Waals surface area contributed by atoms with Crippen molar-refractivity contribution >= 4 is 16.6 Å². The van der Waals surface area contributed by atoms with Gasteiger partial charge in [0.05, 0.1) is 29.3 Å². The monoisotopic (exact) mass is 415 g/mol. The molecule has 1 spiro atoms. The summed E-state index contributed by atoms with van der Waals surface area (Å²) in [6.07, 6.45) is 1.80. The summed E-state index contributed by atoms with van der Waals surface area (Å²) in [4.78, 5) is 5.13. The highest BCUT2D eigenvalue weighted by atomic mass is 16.5. The quantitative estimate of drug-likeness (QED) is 0.598. The molecular weight excluding hydrogens is 390 g/mol. The number of aromatic nitrogens is 1. The number of para-hydroxylation sites is 1. The highest BCUT2D eigenvalue weighted by molar-refractivity contribution is 5.94. The van der Waals surface area contributed by atoms with E-state index in [9.17, 15) is 5.11 Å². The smallest absolute Gasteiger partial charge is 0.166 e. The number of pyridine rings is 1. The average molecular weight is 415 g/mol. The van der Waals surface area contributed by atoms with Crippen molar-refractivity contribution in [3.8, 4) is 11.5 Å². The van der Waals surface area contributed by atoms with Gasteiger partial charge in [-0.05, 0) is 37.1 Å². The molecular formula is C25H25N3O3. The summed E-state index contributed by atoms with van der Waals surface area (Å²) in [7, 11) is 3.63. The van der Waals surface area contributed by atoms with Gasteiger partial charge < -0.3 is 25.2 Å². The van der Waals surface area contributed by atoms with Crippen LogP contribution in [0.1, 0.15) is 34.9 Å². The zero-order valence-corrected chi connectivity index (χ0v) is 17.7. The van der Waals surface area contributed by atoms with Crippen LogP contribution in [0.2, 0.25) is 0 Å². The van der Waals surface area contributed by atoms with Crippen molar-refractivity contribution < 1.29 is 14.6 Å². The van der Waals surface area contributed by atoms with Gasteiger partial charge in [-0.15, -0.1) is 0 Å². The van der Waals surface area contributed by atoms with Crippen molar-refractivity contribution in [2.75, 3.05) is 26.0 Å². The Morgan fingerprint density at radius 2 is 2.13 bits per heavy atom. The van der Waals surface area contributed by atoms with E-state index in [1.54, 1.807) is 7.11 Å². The van der Waals surface area contributed by atoms with Crippen LogP contribution >= 0.6 is 0 Å². The number of hydrogen-bond acceptors (Lipinski definition) is 6. The van der Waals surface area contributed by atoms with E-state index in [0.717, 1.165) is 64.3 Å². The fourth-order valence-corrected chi connectivity index (χ4v) is 6.98. The number of benzene rings is 2. The number of methoxy groups -OCH3 is 1. The van der Waals surface area contributed by atoms with E-state index < -0.39 is 11.0 Å². The lowest BCUT2D eigenvalue weighted by Gasteiger charge is -2.60. The summed E-state index contributed by atoms with van der Waals surface area (Å²) in [6.45, 7) is 0.852. The van der Waals surface area contributed by atoms with E-state index in [0.29, 0.717) is 6.42 Å². The molecule has 1 saturated heterocycles. The van der Waals surface area contributed by atoms with E-state index in [2.05, 4.69) is 28.8 Å². The minimum absolute atomic E-state index is 0.0245. The van der Waals surface area contributed by atoms with E-state index in [4.69, 9.17) is 14.5 Å². The Morgan fingerprint density at radius 3 is 2.97 bits per heavy atom. The molecule has 2 aromatic carbocycles. The number of rotatable bonds is 2. The molecule has 2 bridgehead atoms. The normalized spacial score (nSPS) is 31.6. The van der Waals surface area contributed by atoms with Gasteiger partial charge in [0.1, 0.15) is 0 Å². The van der Waals surface area contributed by atoms with Crippen molar-refractivity contribution in [3.63, 3.8) is 0 Å². The molecule has 31 heavy (non-hydrogen) atoms. The van der Waals surface area contributed by atoms with Crippen molar-refractivity contribution in [1.29, 1.82) is 0 Å². The van der Waals surface area contributed by atoms with Gasteiger partial charge in [-0.3, -0.25) is 0 Å². The minimum atomic E-state index is -0.955. The molecule has 6 nitrogen and oxygen atoms in total. The first kappa shape index (κ1) is 17.8. The standard InChI is InChI=1S/C25H25N3O3/c1-26-20-14-5-3-4-6-16(14)28-21-15(20)12-25(29)18-11-13-7-8-17(30-2)22-19(13)24(25,9-10-27-18)23(21)31-22/h3-8,18,23,27,29H,9-12H2,1-2H3,(H,26,28)/t18-,23?,24-,25?/m0/s1. The zero-order chi connectivity index (χ0) is 21.0. The Bertz CT molecular complexity index is 1270. The maximum Gasteiger partial charge on any atom is 0.166 e. The highest BCUT2D eigenvalue weighted by Gasteiger charge is 2.71. The van der Waals surface area contributed by atoms with Gasteiger partial charge in [0.2, 0.25) is 0 Å². The van der Waals surface area contributed by atoms with Crippen molar-refractivity contribution in [3.05, 3.63) is 58.8 Å². The van der Waals surface area contributed by atoms with Gasteiger partial charge in [0.15, 0.2) is 17.6 Å². The topological polar surface area (TPSA) is 75.6 Å². The Balaban J connectivity index is 1.60. The lowest BCUT2D eigenvalue weighted by molar-refractivity contribution is -0.134. The van der Waals surface area contributed by atoms with Crippen LogP contribution in [0.25, 0.3) is 10.9 Å². The van der Waals surface area contributed by atoms with Crippen LogP contribution in [0.3, 0.4) is 0 Å². The van der Waals surface area contributed by atoms with E-state index in [1.165, 1.54) is 5.56 Å². The zero-order valence-electron chi connectivity index (χ0n) is 17.7. The van der Waals surface area contributed by atoms with Gasteiger partial charge in [0, 0.05) is 41.7 Å². The molecule has 158 valence electrons. The number of fused-ring (bicyclic) bond motifs is 3. The first-order valence-corrected chi connectivity index (χ1v) is 11.0. The van der Waals surface area contributed by atoms with Gasteiger partial charge >= 0.3 is 0 Å². The molecule has 3 heterocycles. The number of aliphatic hydroxyl groups is 1. The summed E-state index contributed by atoms with van der Waals surface area (Å²) in [5.74, 6) is 1.52. The van der Waals surface area contributed by atoms with E-state index >= 15 is 0 Å². The Hall–Kier alpha value is -2.83. The maximum atomic E-state index is 12.5. The third kappa shape index (κ3) is 1.86. The van der Waals surface area contributed by atoms with Crippen LogP contribution in [-0.4, -0.2) is 42.4 Å². The van der Waals surface area contributed by atoms with Crippen LogP contribution in [0.4, 0.5) is 5.69 Å². The largest absolute Gasteiger partial charge is 0.493 e. The predicted molar refractivity (Wildman–Crippen MR) is 118 cm³/mol. The van der Waals surface area contributed by atoms with E-state index in [-0.39, 0.29) is 12.1 Å². The van der Waals surface area contributed by atoms with Crippen LogP contribution in [0.5, 0.6) is 11.5 Å². The lowest BCUT2D eigenvalue weighted by Crippen LogP contribution is -2.74. The number of hydrogen-bond donors (Lipinski definition) is 3. The first-order valence-electron chi connectivity index (χ1n) is 11.0. The van der Waals surface area contributed by atoms with Crippen molar-refractivity contribution in [1.82, 2.24) is 10.3 Å². The second-order valence-electron chi connectivity index (χ2n) is 9.28. The van der Waals surface area contributed by atoms with Crippen LogP contribution in [0, 0.1) is 0 Å². The third-order valence-corrected chi connectivity index (χ3v) is 8.21. The molecule has 6 heteroatoms. The molecule has 2 aliphatic carbocycles. The van der Waals surface area contributed by atoms with Crippen molar-refractivity contribution in [2.24, 2.45) is 0 Å². The second-order valence-corrected chi connectivity index (χ2v) is 9.28. The number of nitrogens with zero attached hydrogens (tertiary/aromatic N) is 1. The second kappa shape index (κ2) is 5.69. The highest BCUT2D eigenvalue weighted by Crippen LogP contribution is 2.68. The third-order valence-electron chi connectivity index (χ3n) is 8.21. The molecule has 2 unspecified atom stereocenters. The Kier molecular flexibility index (Phi) is 3.27. The van der Waals surface area contributed by atoms with Gasteiger partial charge in [-0.2, -0.15) is 0 Å². The number of piperidine rings is 1. The van der Waals surface area contributed by atoms with Gasteiger partial charge in [-0.1, -0.05) is 24.3 Å². The Morgan fingerprint density at radius 1 is 1.26 bits per heavy atom. The number of nitrogens with one attached hydrogen (secondary N) is 2. The molecule has 1 aromatic heterocycles. The fourth-order valence-electron chi connectivity index (χ4n) is 6.98. The van der Waals surface area contributed by atoms with Crippen molar-refractivity contribution in [2.45, 2.75) is 42.4 Å². The maximum absolute atomic E-state index is 12.5. The molecule has 7 rings (SSSR count). The summed E-state index contributed by atoms with van der Waals surface area (Å²) in [5, 5.41) is 20.6. The summed E-state index contributed by atoms with van der Waals surface area (Å²) >= 11 is 0. The summed E-state index contributed by atoms with van der Waals surface area (Å²) in [5.41, 5.74) is 4.91. The van der Waals surface area contributed by atoms with Crippen LogP contribution < -0.4 is 20.1 Å². The van der Waals surface area contributed by atoms with Gasteiger partial charge in [-0.25, -0.2) is 4.98 Å². The molecule has 0 radical (unpaired) electrons. The summed E-state index contributed by atoms with van der Waals surface area (Å²) < 4.78 is 12.4. The fraction of sp³-hybridized carbons (Fsp3) is 0.400. The predicted octanol–water partition coefficient (Wildman–Crippen LogP) is 2.86. The molecule has 3 N–H and O–H groups in total. The van der Waals surface area contributed by atoms with Crippen LogP contribution in [-0.2, 0) is 18.3 Å². The minimum Gasteiger partial charge on any atom is -0.493 e. The SMILES string of the molecule is CNc1c2c(nc3ccccc13)C1Oc3c(OC)ccc4c3[C@@]13CCN[C@@H](C4)C3(O)C2. The Labute approximate surface area is 180 Å². The molecule has 1 fully saturated rings. The molecule has 4 atom stereocenters. The molecule has 4 aliphatic rings. The molecule has 3 aromatic rings. The van der Waals surface area contributed by atoms with Gasteiger partial charge in [0.25, 0.3) is 0 Å². The number of ether oxygens (including phenoxy) is 2. The average Bonchev–Trinajstić information content (AvgIpc) is 3.12. The van der Waals surface area contributed by atoms with Crippen LogP contribution in [0.15, 0.2) is 36.4 Å².